The Hall–Kier alpha value is -2.04. The van der Waals surface area contributed by atoms with E-state index >= 15 is 0 Å². The van der Waals surface area contributed by atoms with E-state index in [1.165, 1.54) is 0 Å². The average Bonchev–Trinajstić information content (AvgIpc) is 2.34. The predicted octanol–water partition coefficient (Wildman–Crippen LogP) is 1.58. The minimum absolute atomic E-state index is 0.0114. The van der Waals surface area contributed by atoms with Gasteiger partial charge in [0, 0.05) is 17.6 Å². The number of carbonyl (C=O) groups excluding carboxylic acids is 1. The van der Waals surface area contributed by atoms with E-state index in [9.17, 15) is 4.79 Å². The zero-order valence-corrected chi connectivity index (χ0v) is 11.7. The fraction of sp³-hybridized carbons (Fsp3) is 0.429. The highest BCUT2D eigenvalue weighted by molar-refractivity contribution is 5.92. The van der Waals surface area contributed by atoms with Crippen LogP contribution in [0.2, 0.25) is 0 Å². The van der Waals surface area contributed by atoms with Gasteiger partial charge in [0.05, 0.1) is 6.54 Å². The second-order valence-corrected chi connectivity index (χ2v) is 5.26. The molecule has 0 radical (unpaired) electrons. The van der Waals surface area contributed by atoms with Crippen LogP contribution >= 0.6 is 0 Å². The predicted molar refractivity (Wildman–Crippen MR) is 79.0 cm³/mol. The summed E-state index contributed by atoms with van der Waals surface area (Å²) in [5, 5.41) is 5.79. The molecular formula is C14H22N4O. The van der Waals surface area contributed by atoms with Crippen molar-refractivity contribution in [3.63, 3.8) is 0 Å². The molecule has 0 spiro atoms. The summed E-state index contributed by atoms with van der Waals surface area (Å²) >= 11 is 0. The highest BCUT2D eigenvalue weighted by Gasteiger charge is 2.19. The van der Waals surface area contributed by atoms with Gasteiger partial charge in [0.1, 0.15) is 0 Å². The molecule has 1 rings (SSSR count). The number of hydrogen-bond donors (Lipinski definition) is 3. The molecule has 104 valence electrons. The lowest BCUT2D eigenvalue weighted by Crippen LogP contribution is -2.36. The Morgan fingerprint density at radius 3 is 2.47 bits per heavy atom. The molecule has 1 amide bonds. The lowest BCUT2D eigenvalue weighted by molar-refractivity contribution is -0.128. The summed E-state index contributed by atoms with van der Waals surface area (Å²) in [6.07, 6.45) is 0. The molecule has 5 nitrogen and oxygen atoms in total. The molecule has 4 N–H and O–H groups in total. The van der Waals surface area contributed by atoms with Crippen molar-refractivity contribution in [3.8, 4) is 0 Å². The Morgan fingerprint density at radius 1 is 1.26 bits per heavy atom. The molecule has 0 fully saturated rings. The first-order chi connectivity index (χ1) is 8.89. The summed E-state index contributed by atoms with van der Waals surface area (Å²) in [7, 11) is 0. The summed E-state index contributed by atoms with van der Waals surface area (Å²) in [4.78, 5) is 15.7. The van der Waals surface area contributed by atoms with E-state index in [-0.39, 0.29) is 11.3 Å². The Balaban J connectivity index is 2.31. The van der Waals surface area contributed by atoms with Crippen molar-refractivity contribution in [1.29, 1.82) is 0 Å². The largest absolute Gasteiger partial charge is 0.370 e. The van der Waals surface area contributed by atoms with E-state index < -0.39 is 0 Å². The van der Waals surface area contributed by atoms with E-state index in [1.54, 1.807) is 0 Å². The first-order valence-electron chi connectivity index (χ1n) is 6.30. The molecular weight excluding hydrogens is 240 g/mol. The Kier molecular flexibility index (Phi) is 5.36. The molecule has 0 aromatic heterocycles. The lowest BCUT2D eigenvalue weighted by atomic mass is 9.96. The molecule has 0 saturated carbocycles. The molecule has 0 bridgehead atoms. The first kappa shape index (κ1) is 15.0. The van der Waals surface area contributed by atoms with E-state index in [1.807, 2.05) is 51.1 Å². The third kappa shape index (κ3) is 5.90. The lowest BCUT2D eigenvalue weighted by Gasteiger charge is -2.17. The molecule has 0 aliphatic heterocycles. The maximum absolute atomic E-state index is 11.6. The van der Waals surface area contributed by atoms with E-state index in [4.69, 9.17) is 5.73 Å². The van der Waals surface area contributed by atoms with Crippen molar-refractivity contribution >= 4 is 17.6 Å². The third-order valence-electron chi connectivity index (χ3n) is 2.41. The number of benzene rings is 1. The van der Waals surface area contributed by atoms with Gasteiger partial charge in [-0.25, -0.2) is 0 Å². The van der Waals surface area contributed by atoms with Crippen LogP contribution in [0, 0.1) is 5.41 Å². The van der Waals surface area contributed by atoms with Crippen molar-refractivity contribution < 1.29 is 4.79 Å². The maximum Gasteiger partial charge on any atom is 0.225 e. The van der Waals surface area contributed by atoms with Crippen LogP contribution in [0.15, 0.2) is 35.3 Å². The Labute approximate surface area is 114 Å². The molecule has 1 aromatic rings. The van der Waals surface area contributed by atoms with E-state index in [0.29, 0.717) is 19.0 Å². The number of nitrogens with one attached hydrogen (secondary N) is 2. The second-order valence-electron chi connectivity index (χ2n) is 5.26. The smallest absolute Gasteiger partial charge is 0.225 e. The third-order valence-corrected chi connectivity index (χ3v) is 2.41. The summed E-state index contributed by atoms with van der Waals surface area (Å²) in [5.74, 6) is 0.355. The van der Waals surface area contributed by atoms with Crippen molar-refractivity contribution in [1.82, 2.24) is 5.32 Å². The van der Waals surface area contributed by atoms with Gasteiger partial charge in [0.25, 0.3) is 0 Å². The number of nitrogens with two attached hydrogens (primary N) is 1. The normalized spacial score (nSPS) is 12.1. The van der Waals surface area contributed by atoms with Gasteiger partial charge in [-0.2, -0.15) is 0 Å². The van der Waals surface area contributed by atoms with Gasteiger partial charge in [0.2, 0.25) is 5.91 Å². The van der Waals surface area contributed by atoms with Crippen LogP contribution < -0.4 is 16.4 Å². The van der Waals surface area contributed by atoms with Crippen LogP contribution in [0.25, 0.3) is 0 Å². The number of para-hydroxylation sites is 1. The van der Waals surface area contributed by atoms with E-state index in [2.05, 4.69) is 15.6 Å². The van der Waals surface area contributed by atoms with Crippen LogP contribution in [-0.2, 0) is 4.79 Å². The summed E-state index contributed by atoms with van der Waals surface area (Å²) in [6.45, 7) is 6.55. The highest BCUT2D eigenvalue weighted by atomic mass is 16.2. The van der Waals surface area contributed by atoms with Gasteiger partial charge in [-0.05, 0) is 12.1 Å². The van der Waals surface area contributed by atoms with Crippen LogP contribution in [-0.4, -0.2) is 25.0 Å². The number of hydrogen-bond acceptors (Lipinski definition) is 2. The fourth-order valence-electron chi connectivity index (χ4n) is 1.32. The Morgan fingerprint density at radius 2 is 1.89 bits per heavy atom. The zero-order chi connectivity index (χ0) is 14.3. The zero-order valence-electron chi connectivity index (χ0n) is 11.7. The number of amides is 1. The molecule has 0 unspecified atom stereocenters. The molecule has 5 heteroatoms. The number of guanidine groups is 1. The number of rotatable bonds is 4. The molecule has 0 aliphatic rings. The molecule has 1 aromatic carbocycles. The van der Waals surface area contributed by atoms with Crippen molar-refractivity contribution in [3.05, 3.63) is 30.3 Å². The second kappa shape index (κ2) is 6.78. The summed E-state index contributed by atoms with van der Waals surface area (Å²) in [5.41, 5.74) is 6.25. The van der Waals surface area contributed by atoms with Gasteiger partial charge < -0.3 is 16.4 Å². The molecule has 0 atom stereocenters. The highest BCUT2D eigenvalue weighted by Crippen LogP contribution is 2.11. The summed E-state index contributed by atoms with van der Waals surface area (Å²) in [6, 6.07) is 9.58. The summed E-state index contributed by atoms with van der Waals surface area (Å²) < 4.78 is 0. The quantitative estimate of drug-likeness (QED) is 0.438. The van der Waals surface area contributed by atoms with Gasteiger partial charge >= 0.3 is 0 Å². The van der Waals surface area contributed by atoms with Crippen LogP contribution in [0.4, 0.5) is 5.69 Å². The van der Waals surface area contributed by atoms with Crippen LogP contribution in [0.3, 0.4) is 0 Å². The Bertz CT molecular complexity index is 435. The number of anilines is 1. The molecule has 0 aliphatic carbocycles. The minimum atomic E-state index is -0.377. The topological polar surface area (TPSA) is 79.5 Å². The van der Waals surface area contributed by atoms with Crippen molar-refractivity contribution in [2.75, 3.05) is 18.4 Å². The minimum Gasteiger partial charge on any atom is -0.370 e. The van der Waals surface area contributed by atoms with Gasteiger partial charge in [0.15, 0.2) is 5.96 Å². The number of aliphatic imine (C=N–C) groups is 1. The molecule has 0 saturated heterocycles. The van der Waals surface area contributed by atoms with Gasteiger partial charge in [-0.15, -0.1) is 0 Å². The number of nitrogens with zero attached hydrogens (tertiary/aromatic N) is 1. The SMILES string of the molecule is CC(C)(C)C(=O)NCCN=C(N)Nc1ccccc1. The first-order valence-corrected chi connectivity index (χ1v) is 6.30. The fourth-order valence-corrected chi connectivity index (χ4v) is 1.32. The number of carbonyl (C=O) groups is 1. The molecule has 19 heavy (non-hydrogen) atoms. The van der Waals surface area contributed by atoms with Crippen molar-refractivity contribution in [2.45, 2.75) is 20.8 Å². The maximum atomic E-state index is 11.6. The van der Waals surface area contributed by atoms with Gasteiger partial charge in [-0.3, -0.25) is 9.79 Å². The van der Waals surface area contributed by atoms with Crippen LogP contribution in [0.1, 0.15) is 20.8 Å². The standard InChI is InChI=1S/C14H22N4O/c1-14(2,3)12(19)16-9-10-17-13(15)18-11-7-5-4-6-8-11/h4-8H,9-10H2,1-3H3,(H,16,19)(H3,15,17,18). The van der Waals surface area contributed by atoms with Crippen LogP contribution in [0.5, 0.6) is 0 Å². The van der Waals surface area contributed by atoms with Crippen molar-refractivity contribution in [2.24, 2.45) is 16.1 Å². The molecule has 0 heterocycles. The van der Waals surface area contributed by atoms with E-state index in [0.717, 1.165) is 5.69 Å². The van der Waals surface area contributed by atoms with Gasteiger partial charge in [-0.1, -0.05) is 39.0 Å². The average molecular weight is 262 g/mol. The monoisotopic (exact) mass is 262 g/mol.